The second-order valence-electron chi connectivity index (χ2n) is 6.16. The molecule has 1 aliphatic heterocycles. The molecule has 1 saturated heterocycles. The van der Waals surface area contributed by atoms with Crippen LogP contribution in [0.4, 0.5) is 18.9 Å². The molecule has 9 heteroatoms. The number of alkyl halides is 3. The Morgan fingerprint density at radius 2 is 2.04 bits per heavy atom. The predicted octanol–water partition coefficient (Wildman–Crippen LogP) is 4.92. The van der Waals surface area contributed by atoms with Gasteiger partial charge < -0.3 is 9.67 Å². The average Bonchev–Trinajstić information content (AvgIpc) is 2.74. The van der Waals surface area contributed by atoms with Gasteiger partial charge in [0.2, 0.25) is 5.88 Å². The van der Waals surface area contributed by atoms with Crippen molar-refractivity contribution < 1.29 is 23.1 Å². The predicted molar refractivity (Wildman–Crippen MR) is 89.3 cm³/mol. The van der Waals surface area contributed by atoms with E-state index in [-0.39, 0.29) is 23.0 Å². The van der Waals surface area contributed by atoms with Gasteiger partial charge in [-0.3, -0.25) is 4.79 Å². The molecule has 5 nitrogen and oxygen atoms in total. The Kier molecular flexibility index (Phi) is 4.52. The summed E-state index contributed by atoms with van der Waals surface area (Å²) in [6, 6.07) is 3.22. The van der Waals surface area contributed by atoms with Gasteiger partial charge in [-0.2, -0.15) is 24.9 Å². The molecular formula is C16H16F3N3O2S. The molecule has 1 aromatic carbocycles. The Morgan fingerprint density at radius 1 is 1.36 bits per heavy atom. The van der Waals surface area contributed by atoms with Gasteiger partial charge in [-0.05, 0) is 18.2 Å². The van der Waals surface area contributed by atoms with E-state index in [1.54, 1.807) is 30.2 Å². The van der Waals surface area contributed by atoms with Crippen molar-refractivity contribution in [1.29, 1.82) is 0 Å². The number of fused-ring (bicyclic) bond motifs is 1. The largest absolute Gasteiger partial charge is 0.493 e. The van der Waals surface area contributed by atoms with Crippen molar-refractivity contribution in [3.05, 3.63) is 23.8 Å². The van der Waals surface area contributed by atoms with Crippen LogP contribution < -0.4 is 0 Å². The molecule has 2 heterocycles. The summed E-state index contributed by atoms with van der Waals surface area (Å²) in [4.78, 5) is 11.7. The molecule has 25 heavy (non-hydrogen) atoms. The highest BCUT2D eigenvalue weighted by Crippen LogP contribution is 2.46. The van der Waals surface area contributed by atoms with Gasteiger partial charge in [0, 0.05) is 22.8 Å². The first kappa shape index (κ1) is 17.8. The van der Waals surface area contributed by atoms with Gasteiger partial charge in [-0.25, -0.2) is 0 Å². The third-order valence-corrected chi connectivity index (χ3v) is 5.25. The number of rotatable bonds is 3. The Morgan fingerprint density at radius 3 is 2.56 bits per heavy atom. The fourth-order valence-electron chi connectivity index (χ4n) is 2.52. The van der Waals surface area contributed by atoms with Crippen LogP contribution in [0.1, 0.15) is 25.5 Å². The van der Waals surface area contributed by atoms with Crippen LogP contribution in [0.15, 0.2) is 28.4 Å². The zero-order chi connectivity index (χ0) is 18.4. The number of benzene rings is 1. The molecule has 1 aliphatic rings. The lowest BCUT2D eigenvalue weighted by molar-refractivity contribution is -0.137. The van der Waals surface area contributed by atoms with Crippen LogP contribution in [-0.2, 0) is 11.0 Å². The fraction of sp³-hybridized carbons (Fsp3) is 0.438. The number of carbonyl (C=O) groups is 1. The highest BCUT2D eigenvalue weighted by Gasteiger charge is 2.33. The minimum atomic E-state index is -4.51. The van der Waals surface area contributed by atoms with Crippen molar-refractivity contribution in [2.45, 2.75) is 26.1 Å². The first-order valence-electron chi connectivity index (χ1n) is 7.67. The topological polar surface area (TPSA) is 66.9 Å². The van der Waals surface area contributed by atoms with Gasteiger partial charge >= 0.3 is 6.18 Å². The highest BCUT2D eigenvalue weighted by atomic mass is 32.2. The Hall–Kier alpha value is -2.03. The molecule has 0 bridgehead atoms. The molecule has 0 spiro atoms. The summed E-state index contributed by atoms with van der Waals surface area (Å²) in [5.41, 5.74) is -0.500. The first-order chi connectivity index (χ1) is 11.7. The molecule has 1 fully saturated rings. The number of azo groups is 1. The Bertz CT molecular complexity index is 854. The summed E-state index contributed by atoms with van der Waals surface area (Å²) in [6.07, 6.45) is -4.51. The number of carbonyl (C=O) groups excluding carboxylic acids is 1. The van der Waals surface area contributed by atoms with E-state index in [2.05, 4.69) is 10.2 Å². The van der Waals surface area contributed by atoms with Crippen LogP contribution in [0.5, 0.6) is 5.88 Å². The van der Waals surface area contributed by atoms with Crippen LogP contribution in [0.25, 0.3) is 10.9 Å². The minimum absolute atomic E-state index is 0.0195. The third kappa shape index (κ3) is 3.24. The van der Waals surface area contributed by atoms with Crippen molar-refractivity contribution in [2.75, 3.05) is 11.5 Å². The molecule has 0 atom stereocenters. The second-order valence-corrected chi connectivity index (χ2v) is 7.23. The molecule has 0 unspecified atom stereocenters. The Labute approximate surface area is 145 Å². The lowest BCUT2D eigenvalue weighted by atomic mass is 10.1. The zero-order valence-corrected chi connectivity index (χ0v) is 14.4. The lowest BCUT2D eigenvalue weighted by Crippen LogP contribution is -2.22. The number of nitrogens with zero attached hydrogens (tertiary/aromatic N) is 3. The average molecular weight is 371 g/mol. The smallest absolute Gasteiger partial charge is 0.416 e. The lowest BCUT2D eigenvalue weighted by Gasteiger charge is -2.27. The molecule has 2 aromatic rings. The van der Waals surface area contributed by atoms with Crippen LogP contribution in [0.2, 0.25) is 0 Å². The van der Waals surface area contributed by atoms with E-state index in [0.717, 1.165) is 23.6 Å². The minimum Gasteiger partial charge on any atom is -0.493 e. The quantitative estimate of drug-likeness (QED) is 0.779. The van der Waals surface area contributed by atoms with Crippen LogP contribution in [0, 0.1) is 5.92 Å². The summed E-state index contributed by atoms with van der Waals surface area (Å²) in [7, 11) is 0. The summed E-state index contributed by atoms with van der Waals surface area (Å²) < 4.78 is 40.7. The molecule has 1 amide bonds. The van der Waals surface area contributed by atoms with Crippen molar-refractivity contribution in [3.63, 3.8) is 0 Å². The van der Waals surface area contributed by atoms with Crippen LogP contribution in [-0.4, -0.2) is 27.1 Å². The monoisotopic (exact) mass is 371 g/mol. The van der Waals surface area contributed by atoms with Crippen molar-refractivity contribution in [3.8, 4) is 5.88 Å². The van der Waals surface area contributed by atoms with Crippen molar-refractivity contribution in [2.24, 2.45) is 16.1 Å². The highest BCUT2D eigenvalue weighted by molar-refractivity contribution is 8.00. The number of hydrogen-bond acceptors (Lipinski definition) is 4. The summed E-state index contributed by atoms with van der Waals surface area (Å²) in [5, 5.41) is 17.9. The summed E-state index contributed by atoms with van der Waals surface area (Å²) in [5.74, 6) is 0.333. The van der Waals surface area contributed by atoms with E-state index in [1.165, 1.54) is 6.07 Å². The number of aromatic nitrogens is 1. The number of aromatic hydroxyl groups is 1. The van der Waals surface area contributed by atoms with E-state index in [1.807, 2.05) is 0 Å². The van der Waals surface area contributed by atoms with Gasteiger partial charge in [-0.15, -0.1) is 10.2 Å². The molecule has 1 N–H and O–H groups in total. The molecule has 3 rings (SSSR count). The SMILES string of the molecule is CC(C)C(=O)N=Nc1c(O)n(C2CSC2)c2ccc(C(F)(F)F)cc12. The second kappa shape index (κ2) is 6.36. The molecule has 0 radical (unpaired) electrons. The summed E-state index contributed by atoms with van der Waals surface area (Å²) in [6.45, 7) is 3.27. The van der Waals surface area contributed by atoms with Gasteiger partial charge in [-0.1, -0.05) is 13.8 Å². The van der Waals surface area contributed by atoms with E-state index >= 15 is 0 Å². The van der Waals surface area contributed by atoms with Crippen LogP contribution in [0.3, 0.4) is 0 Å². The van der Waals surface area contributed by atoms with Gasteiger partial charge in [0.05, 0.1) is 17.1 Å². The number of thioether (sulfide) groups is 1. The van der Waals surface area contributed by atoms with E-state index in [9.17, 15) is 23.1 Å². The third-order valence-electron chi connectivity index (χ3n) is 4.01. The van der Waals surface area contributed by atoms with Crippen LogP contribution >= 0.6 is 11.8 Å². The maximum absolute atomic E-state index is 13.0. The summed E-state index contributed by atoms with van der Waals surface area (Å²) >= 11 is 1.68. The fourth-order valence-corrected chi connectivity index (χ4v) is 3.26. The number of halogens is 3. The standard InChI is InChI=1S/C16H16F3N3O2S/c1-8(2)14(23)21-20-13-11-5-9(16(17,18)19)3-4-12(11)22(15(13)24)10-6-25-7-10/h3-5,8,10,24H,6-7H2,1-2H3. The van der Waals surface area contributed by atoms with Gasteiger partial charge in [0.1, 0.15) is 0 Å². The first-order valence-corrected chi connectivity index (χ1v) is 8.83. The van der Waals surface area contributed by atoms with Crippen molar-refractivity contribution in [1.82, 2.24) is 4.57 Å². The number of amides is 1. The van der Waals surface area contributed by atoms with E-state index < -0.39 is 23.6 Å². The molecule has 134 valence electrons. The molecule has 1 aromatic heterocycles. The normalized spacial score (nSPS) is 16.1. The zero-order valence-electron chi connectivity index (χ0n) is 13.5. The Balaban J connectivity index is 2.18. The van der Waals surface area contributed by atoms with Gasteiger partial charge in [0.15, 0.2) is 5.69 Å². The van der Waals surface area contributed by atoms with E-state index in [4.69, 9.17) is 0 Å². The number of hydrogen-bond donors (Lipinski definition) is 1. The maximum Gasteiger partial charge on any atom is 0.416 e. The molecule has 0 saturated carbocycles. The molecular weight excluding hydrogens is 355 g/mol. The molecule has 0 aliphatic carbocycles. The maximum atomic E-state index is 13.0. The van der Waals surface area contributed by atoms with E-state index in [0.29, 0.717) is 5.52 Å². The van der Waals surface area contributed by atoms with Crippen molar-refractivity contribution >= 4 is 34.3 Å². The van der Waals surface area contributed by atoms with Gasteiger partial charge in [0.25, 0.3) is 5.91 Å².